The van der Waals surface area contributed by atoms with Gasteiger partial charge in [0.1, 0.15) is 17.2 Å². The summed E-state index contributed by atoms with van der Waals surface area (Å²) in [6.45, 7) is 4.61. The Morgan fingerprint density at radius 2 is 1.81 bits per heavy atom. The summed E-state index contributed by atoms with van der Waals surface area (Å²) >= 11 is 0. The summed E-state index contributed by atoms with van der Waals surface area (Å²) < 4.78 is 28.5. The maximum atomic E-state index is 14.6. The number of hydrogen-bond acceptors (Lipinski definition) is 5. The molecule has 0 radical (unpaired) electrons. The van der Waals surface area contributed by atoms with Gasteiger partial charge in [0.25, 0.3) is 5.91 Å². The summed E-state index contributed by atoms with van der Waals surface area (Å²) in [6.07, 6.45) is 0.0785. The Morgan fingerprint density at radius 1 is 1.12 bits per heavy atom. The van der Waals surface area contributed by atoms with Gasteiger partial charge in [0.2, 0.25) is 0 Å². The highest BCUT2D eigenvalue weighted by atomic mass is 19.1. The molecule has 0 aromatic heterocycles. The van der Waals surface area contributed by atoms with Crippen molar-refractivity contribution in [1.82, 2.24) is 14.8 Å². The van der Waals surface area contributed by atoms with E-state index >= 15 is 0 Å². The first kappa shape index (κ1) is 22.5. The zero-order valence-electron chi connectivity index (χ0n) is 18.3. The minimum absolute atomic E-state index is 0.00121. The lowest BCUT2D eigenvalue weighted by molar-refractivity contribution is -0.145. The number of aliphatic hydroxyl groups is 1. The molecule has 2 aliphatic heterocycles. The predicted molar refractivity (Wildman–Crippen MR) is 118 cm³/mol. The van der Waals surface area contributed by atoms with Gasteiger partial charge in [-0.3, -0.25) is 9.69 Å². The van der Waals surface area contributed by atoms with E-state index in [0.29, 0.717) is 5.56 Å². The third-order valence-corrected chi connectivity index (χ3v) is 6.55. The highest BCUT2D eigenvalue weighted by Crippen LogP contribution is 2.40. The number of amides is 1. The molecular weight excluding hydrogens is 414 g/mol. The molecule has 1 amide bonds. The molecule has 2 unspecified atom stereocenters. The number of aliphatic hydroxyl groups excluding tert-OH is 1. The number of hydrazone groups is 1. The normalized spacial score (nSPS) is 23.3. The number of nitrogens with zero attached hydrogens (tertiary/aromatic N) is 4. The molecule has 6 nitrogen and oxygen atoms in total. The van der Waals surface area contributed by atoms with Crippen molar-refractivity contribution in [2.45, 2.75) is 24.9 Å². The van der Waals surface area contributed by atoms with E-state index in [1.165, 1.54) is 5.01 Å². The third kappa shape index (κ3) is 4.05. The third-order valence-electron chi connectivity index (χ3n) is 6.55. The second-order valence-electron chi connectivity index (χ2n) is 8.57. The topological polar surface area (TPSA) is 59.4 Å². The largest absolute Gasteiger partial charge is 0.393 e. The van der Waals surface area contributed by atoms with Gasteiger partial charge in [-0.2, -0.15) is 5.10 Å². The molecule has 1 N–H and O–H groups in total. The van der Waals surface area contributed by atoms with E-state index in [9.17, 15) is 18.7 Å². The maximum absolute atomic E-state index is 14.6. The first-order chi connectivity index (χ1) is 15.4. The Labute approximate surface area is 186 Å². The van der Waals surface area contributed by atoms with Gasteiger partial charge in [-0.15, -0.1) is 0 Å². The fraction of sp³-hybridized carbons (Fsp3) is 0.417. The molecule has 0 saturated carbocycles. The van der Waals surface area contributed by atoms with Gasteiger partial charge in [0, 0.05) is 38.2 Å². The fourth-order valence-corrected chi connectivity index (χ4v) is 4.46. The number of piperazine rings is 1. The summed E-state index contributed by atoms with van der Waals surface area (Å²) in [6, 6.07) is 11.8. The molecule has 8 heteroatoms. The number of carbonyl (C=O) groups excluding carboxylic acids is 1. The van der Waals surface area contributed by atoms with Crippen LogP contribution in [0.25, 0.3) is 0 Å². The van der Waals surface area contributed by atoms with E-state index in [-0.39, 0.29) is 23.6 Å². The molecule has 2 aromatic carbocycles. The highest BCUT2D eigenvalue weighted by Gasteiger charge is 2.49. The van der Waals surface area contributed by atoms with Crippen LogP contribution in [0.4, 0.5) is 8.78 Å². The minimum Gasteiger partial charge on any atom is -0.393 e. The number of rotatable bonds is 5. The van der Waals surface area contributed by atoms with Gasteiger partial charge in [-0.1, -0.05) is 30.3 Å². The van der Waals surface area contributed by atoms with E-state index < -0.39 is 29.8 Å². The van der Waals surface area contributed by atoms with Crippen molar-refractivity contribution >= 4 is 11.6 Å². The summed E-state index contributed by atoms with van der Waals surface area (Å²) in [7, 11) is 2.04. The zero-order chi connectivity index (χ0) is 22.9. The van der Waals surface area contributed by atoms with Crippen LogP contribution in [0.15, 0.2) is 53.6 Å². The van der Waals surface area contributed by atoms with Crippen LogP contribution in [0, 0.1) is 11.6 Å². The van der Waals surface area contributed by atoms with Crippen molar-refractivity contribution in [2.75, 3.05) is 39.8 Å². The van der Waals surface area contributed by atoms with Gasteiger partial charge in [0.05, 0.1) is 18.4 Å². The molecule has 0 aliphatic carbocycles. The molecule has 1 saturated heterocycles. The van der Waals surface area contributed by atoms with Gasteiger partial charge in [0.15, 0.2) is 0 Å². The summed E-state index contributed by atoms with van der Waals surface area (Å²) in [4.78, 5) is 18.0. The van der Waals surface area contributed by atoms with Crippen molar-refractivity contribution in [3.63, 3.8) is 0 Å². The standard InChI is InChI=1S/C24H28F2N4O2/c1-17(29-12-10-28(2)11-13-29)23(32)30-24(16-31,18-6-4-3-5-7-18)15-22(27-30)20-14-19(25)8-9-21(20)26/h3-9,14,17,31H,10-13,15-16H2,1-2H3. The van der Waals surface area contributed by atoms with Gasteiger partial charge in [-0.25, -0.2) is 13.8 Å². The van der Waals surface area contributed by atoms with Crippen molar-refractivity contribution < 1.29 is 18.7 Å². The van der Waals surface area contributed by atoms with Crippen molar-refractivity contribution in [3.05, 3.63) is 71.3 Å². The van der Waals surface area contributed by atoms with Crippen LogP contribution in [0.2, 0.25) is 0 Å². The molecule has 2 atom stereocenters. The van der Waals surface area contributed by atoms with Crippen LogP contribution in [0.5, 0.6) is 0 Å². The quantitative estimate of drug-likeness (QED) is 0.773. The first-order valence-electron chi connectivity index (χ1n) is 10.8. The van der Waals surface area contributed by atoms with E-state index in [4.69, 9.17) is 0 Å². The molecule has 170 valence electrons. The van der Waals surface area contributed by atoms with Crippen LogP contribution in [0.3, 0.4) is 0 Å². The number of carbonyl (C=O) groups is 1. The first-order valence-corrected chi connectivity index (χ1v) is 10.8. The molecule has 1 fully saturated rings. The van der Waals surface area contributed by atoms with Gasteiger partial charge in [-0.05, 0) is 37.7 Å². The number of benzene rings is 2. The Balaban J connectivity index is 1.74. The summed E-state index contributed by atoms with van der Waals surface area (Å²) in [5.41, 5.74) is -0.259. The average Bonchev–Trinajstić information content (AvgIpc) is 3.21. The van der Waals surface area contributed by atoms with Crippen molar-refractivity contribution in [2.24, 2.45) is 5.10 Å². The lowest BCUT2D eigenvalue weighted by Crippen LogP contribution is -2.56. The van der Waals surface area contributed by atoms with Crippen LogP contribution in [0.1, 0.15) is 24.5 Å². The fourth-order valence-electron chi connectivity index (χ4n) is 4.46. The molecule has 0 spiro atoms. The lowest BCUT2D eigenvalue weighted by Gasteiger charge is -2.40. The molecule has 4 rings (SSSR count). The van der Waals surface area contributed by atoms with Crippen molar-refractivity contribution in [3.8, 4) is 0 Å². The Morgan fingerprint density at radius 3 is 2.47 bits per heavy atom. The predicted octanol–water partition coefficient (Wildman–Crippen LogP) is 2.42. The van der Waals surface area contributed by atoms with E-state index in [0.717, 1.165) is 44.4 Å². The van der Waals surface area contributed by atoms with Gasteiger partial charge >= 0.3 is 0 Å². The summed E-state index contributed by atoms with van der Waals surface area (Å²) in [5.74, 6) is -1.49. The molecule has 2 heterocycles. The van der Waals surface area contributed by atoms with Crippen LogP contribution < -0.4 is 0 Å². The second-order valence-corrected chi connectivity index (χ2v) is 8.57. The number of halogens is 2. The molecule has 0 bridgehead atoms. The summed E-state index contributed by atoms with van der Waals surface area (Å²) in [5, 5.41) is 16.3. The average molecular weight is 443 g/mol. The van der Waals surface area contributed by atoms with E-state index in [2.05, 4.69) is 14.9 Å². The monoisotopic (exact) mass is 442 g/mol. The Kier molecular flexibility index (Phi) is 6.37. The smallest absolute Gasteiger partial charge is 0.260 e. The van der Waals surface area contributed by atoms with Crippen LogP contribution in [-0.2, 0) is 10.3 Å². The number of likely N-dealkylation sites (N-methyl/N-ethyl adjacent to an activating group) is 1. The van der Waals surface area contributed by atoms with Crippen LogP contribution >= 0.6 is 0 Å². The number of hydrogen-bond donors (Lipinski definition) is 1. The Hall–Kier alpha value is -2.68. The van der Waals surface area contributed by atoms with Gasteiger partial charge < -0.3 is 10.0 Å². The highest BCUT2D eigenvalue weighted by molar-refractivity contribution is 6.04. The molecule has 2 aromatic rings. The SMILES string of the molecule is CC(C(=O)N1N=C(c2cc(F)ccc2F)CC1(CO)c1ccccc1)N1CCN(C)CC1. The Bertz CT molecular complexity index is 1010. The van der Waals surface area contributed by atoms with E-state index in [1.54, 1.807) is 0 Å². The lowest BCUT2D eigenvalue weighted by atomic mass is 9.84. The minimum atomic E-state index is -1.19. The van der Waals surface area contributed by atoms with Crippen LogP contribution in [-0.4, -0.2) is 77.4 Å². The second kappa shape index (κ2) is 9.05. The molecular formula is C24H28F2N4O2. The molecule has 32 heavy (non-hydrogen) atoms. The van der Waals surface area contributed by atoms with Crippen molar-refractivity contribution in [1.29, 1.82) is 0 Å². The zero-order valence-corrected chi connectivity index (χ0v) is 18.3. The molecule has 2 aliphatic rings. The maximum Gasteiger partial charge on any atom is 0.260 e. The van der Waals surface area contributed by atoms with E-state index in [1.807, 2.05) is 44.3 Å².